The first-order valence-corrected chi connectivity index (χ1v) is 11.8. The summed E-state index contributed by atoms with van der Waals surface area (Å²) >= 11 is 0. The van der Waals surface area contributed by atoms with E-state index in [1.54, 1.807) is 12.3 Å². The minimum atomic E-state index is -4.54. The van der Waals surface area contributed by atoms with Gasteiger partial charge in [-0.3, -0.25) is 0 Å². The Balaban J connectivity index is 1.66. The number of rotatable bonds is 7. The Morgan fingerprint density at radius 2 is 1.97 bits per heavy atom. The summed E-state index contributed by atoms with van der Waals surface area (Å²) in [5, 5.41) is 14.4. The highest BCUT2D eigenvalue weighted by atomic mass is 19.4. The number of aldehydes is 1. The van der Waals surface area contributed by atoms with Crippen molar-refractivity contribution < 1.29 is 18.0 Å². The van der Waals surface area contributed by atoms with E-state index < -0.39 is 23.8 Å². The number of anilines is 2. The number of aromatic nitrogens is 1. The molecule has 0 spiro atoms. The maximum Gasteiger partial charge on any atom is 0.397 e. The first-order chi connectivity index (χ1) is 16.7. The van der Waals surface area contributed by atoms with Gasteiger partial charge in [0.1, 0.15) is 18.1 Å². The van der Waals surface area contributed by atoms with Crippen LogP contribution in [0.5, 0.6) is 0 Å². The number of nitrogens with one attached hydrogen (secondary N) is 3. The van der Waals surface area contributed by atoms with Crippen LogP contribution in [0.4, 0.5) is 24.7 Å². The van der Waals surface area contributed by atoms with Crippen LogP contribution >= 0.6 is 0 Å². The lowest BCUT2D eigenvalue weighted by molar-refractivity contribution is -0.155. The molecule has 2 aliphatic heterocycles. The van der Waals surface area contributed by atoms with Crippen LogP contribution in [0.25, 0.3) is 6.08 Å². The first kappa shape index (κ1) is 24.9. The zero-order chi connectivity index (χ0) is 25.2. The van der Waals surface area contributed by atoms with Crippen molar-refractivity contribution in [3.05, 3.63) is 58.9 Å². The summed E-state index contributed by atoms with van der Waals surface area (Å²) in [6, 6.07) is 8.72. The summed E-state index contributed by atoms with van der Waals surface area (Å²) < 4.78 is 40.5. The molecule has 1 fully saturated rings. The lowest BCUT2D eigenvalue weighted by atomic mass is 9.89. The summed E-state index contributed by atoms with van der Waals surface area (Å²) in [7, 11) is 2.12. The predicted molar refractivity (Wildman–Crippen MR) is 131 cm³/mol. The average Bonchev–Trinajstić information content (AvgIpc) is 2.84. The minimum Gasteiger partial charge on any atom is -0.378 e. The van der Waals surface area contributed by atoms with Crippen LogP contribution in [0, 0.1) is 11.3 Å². The number of hydrogen-bond acceptors (Lipinski definition) is 6. The number of halogens is 3. The molecule has 1 aromatic heterocycles. The SMILES string of the molecule is CCC(C(=N)c1cc2c(c(Nc3ccc(C4CCN(C)CC4)cc3)n1)C(C=O)NC=C2)C(F)(F)F. The topological polar surface area (TPSA) is 81.1 Å². The fraction of sp³-hybridized carbons (Fsp3) is 0.423. The van der Waals surface area contributed by atoms with Crippen molar-refractivity contribution in [1.29, 1.82) is 5.41 Å². The third kappa shape index (κ3) is 5.40. The van der Waals surface area contributed by atoms with Gasteiger partial charge in [-0.25, -0.2) is 4.98 Å². The highest BCUT2D eigenvalue weighted by Gasteiger charge is 2.42. The fourth-order valence-corrected chi connectivity index (χ4v) is 4.80. The van der Waals surface area contributed by atoms with Gasteiger partial charge in [-0.2, -0.15) is 13.2 Å². The monoisotopic (exact) mass is 485 g/mol. The molecule has 0 bridgehead atoms. The van der Waals surface area contributed by atoms with Gasteiger partial charge in [-0.05, 0) is 86.9 Å². The molecule has 0 amide bonds. The molecular weight excluding hydrogens is 455 g/mol. The van der Waals surface area contributed by atoms with Crippen LogP contribution in [0.2, 0.25) is 0 Å². The molecule has 4 rings (SSSR count). The molecule has 186 valence electrons. The third-order valence-corrected chi connectivity index (χ3v) is 6.87. The van der Waals surface area contributed by atoms with Gasteiger partial charge in [-0.1, -0.05) is 19.1 Å². The number of fused-ring (bicyclic) bond motifs is 1. The molecule has 0 saturated carbocycles. The highest BCUT2D eigenvalue weighted by Crippen LogP contribution is 2.36. The van der Waals surface area contributed by atoms with Crippen LogP contribution in [-0.4, -0.2) is 48.2 Å². The number of pyridine rings is 1. The van der Waals surface area contributed by atoms with E-state index in [1.807, 2.05) is 12.1 Å². The Morgan fingerprint density at radius 3 is 2.57 bits per heavy atom. The second-order valence-corrected chi connectivity index (χ2v) is 9.21. The molecule has 2 unspecified atom stereocenters. The molecular formula is C26H30F3N5O. The highest BCUT2D eigenvalue weighted by molar-refractivity contribution is 6.00. The van der Waals surface area contributed by atoms with E-state index in [0.29, 0.717) is 22.7 Å². The van der Waals surface area contributed by atoms with Crippen molar-refractivity contribution in [3.63, 3.8) is 0 Å². The summed E-state index contributed by atoms with van der Waals surface area (Å²) in [6.45, 7) is 3.52. The average molecular weight is 486 g/mol. The van der Waals surface area contributed by atoms with Crippen LogP contribution in [0.1, 0.15) is 60.5 Å². The molecule has 2 atom stereocenters. The van der Waals surface area contributed by atoms with Gasteiger partial charge >= 0.3 is 6.18 Å². The van der Waals surface area contributed by atoms with Gasteiger partial charge in [0.05, 0.1) is 17.3 Å². The molecule has 2 aromatic rings. The number of likely N-dealkylation sites (tertiary alicyclic amines) is 1. The first-order valence-electron chi connectivity index (χ1n) is 11.8. The summed E-state index contributed by atoms with van der Waals surface area (Å²) in [5.41, 5.74) is 2.41. The number of hydrogen-bond donors (Lipinski definition) is 3. The lowest BCUT2D eigenvalue weighted by Crippen LogP contribution is -2.31. The molecule has 3 heterocycles. The Kier molecular flexibility index (Phi) is 7.25. The fourth-order valence-electron chi connectivity index (χ4n) is 4.80. The second-order valence-electron chi connectivity index (χ2n) is 9.21. The maximum atomic E-state index is 13.5. The number of carbonyl (C=O) groups excluding carboxylic acids is 1. The quantitative estimate of drug-likeness (QED) is 0.361. The van der Waals surface area contributed by atoms with Gasteiger partial charge in [-0.15, -0.1) is 0 Å². The van der Waals surface area contributed by atoms with Crippen LogP contribution < -0.4 is 10.6 Å². The van der Waals surface area contributed by atoms with Gasteiger partial charge in [0.15, 0.2) is 0 Å². The third-order valence-electron chi connectivity index (χ3n) is 6.87. The predicted octanol–water partition coefficient (Wildman–Crippen LogP) is 5.40. The molecule has 1 saturated heterocycles. The smallest absolute Gasteiger partial charge is 0.378 e. The lowest BCUT2D eigenvalue weighted by Gasteiger charge is -2.29. The summed E-state index contributed by atoms with van der Waals surface area (Å²) in [4.78, 5) is 18.5. The van der Waals surface area contributed by atoms with E-state index in [4.69, 9.17) is 5.41 Å². The second kappa shape index (κ2) is 10.2. The molecule has 9 heteroatoms. The van der Waals surface area contributed by atoms with E-state index in [9.17, 15) is 18.0 Å². The largest absolute Gasteiger partial charge is 0.397 e. The van der Waals surface area contributed by atoms with E-state index in [0.717, 1.165) is 32.2 Å². The standard InChI is InChI=1S/C26H30F3N5O/c1-3-20(26(27,28)29)24(30)21-14-18-8-11-31-22(15-35)23(18)25(33-21)32-19-6-4-16(5-7-19)17-9-12-34(2)13-10-17/h4-8,11,14-15,17,20,22,30-31H,3,9-10,12-13H2,1-2H3,(H,32,33). The van der Waals surface area contributed by atoms with Crippen molar-refractivity contribution in [2.75, 3.05) is 25.5 Å². The molecule has 1 aromatic carbocycles. The van der Waals surface area contributed by atoms with E-state index in [2.05, 4.69) is 39.7 Å². The molecule has 3 N–H and O–H groups in total. The number of alkyl halides is 3. The minimum absolute atomic E-state index is 0.0606. The number of benzene rings is 1. The Morgan fingerprint density at radius 1 is 1.29 bits per heavy atom. The zero-order valence-corrected chi connectivity index (χ0v) is 19.8. The number of piperidine rings is 1. The van der Waals surface area contributed by atoms with Gasteiger partial charge in [0.25, 0.3) is 0 Å². The van der Waals surface area contributed by atoms with Crippen LogP contribution in [0.3, 0.4) is 0 Å². The van der Waals surface area contributed by atoms with E-state index in [1.165, 1.54) is 18.6 Å². The Labute approximate surface area is 203 Å². The van der Waals surface area contributed by atoms with E-state index in [-0.39, 0.29) is 17.9 Å². The Hall–Kier alpha value is -3.20. The molecule has 6 nitrogen and oxygen atoms in total. The van der Waals surface area contributed by atoms with Crippen molar-refractivity contribution in [2.24, 2.45) is 5.92 Å². The summed E-state index contributed by atoms with van der Waals surface area (Å²) in [6.07, 6.45) is 1.39. The normalized spacial score (nSPS) is 19.5. The van der Waals surface area contributed by atoms with Crippen molar-refractivity contribution in [1.82, 2.24) is 15.2 Å². The number of nitrogens with zero attached hydrogens (tertiary/aromatic N) is 2. The van der Waals surface area contributed by atoms with Crippen LogP contribution in [-0.2, 0) is 4.79 Å². The molecule has 0 radical (unpaired) electrons. The molecule has 2 aliphatic rings. The van der Waals surface area contributed by atoms with E-state index >= 15 is 0 Å². The van der Waals surface area contributed by atoms with Crippen LogP contribution in [0.15, 0.2) is 36.5 Å². The van der Waals surface area contributed by atoms with Crippen molar-refractivity contribution in [3.8, 4) is 0 Å². The van der Waals surface area contributed by atoms with Crippen molar-refractivity contribution in [2.45, 2.75) is 44.3 Å². The van der Waals surface area contributed by atoms with Gasteiger partial charge < -0.3 is 25.7 Å². The van der Waals surface area contributed by atoms with Crippen molar-refractivity contribution >= 4 is 29.6 Å². The molecule has 0 aliphatic carbocycles. The summed E-state index contributed by atoms with van der Waals surface area (Å²) in [5.74, 6) is -1.15. The van der Waals surface area contributed by atoms with Gasteiger partial charge in [0.2, 0.25) is 0 Å². The molecule has 35 heavy (non-hydrogen) atoms. The maximum absolute atomic E-state index is 13.5. The Bertz CT molecular complexity index is 1110. The zero-order valence-electron chi connectivity index (χ0n) is 19.8. The van der Waals surface area contributed by atoms with Gasteiger partial charge in [0, 0.05) is 11.3 Å². The number of carbonyl (C=O) groups is 1.